The van der Waals surface area contributed by atoms with Gasteiger partial charge in [0.2, 0.25) is 0 Å². The minimum atomic E-state index is -3.30. The summed E-state index contributed by atoms with van der Waals surface area (Å²) in [6, 6.07) is 13.1. The van der Waals surface area contributed by atoms with E-state index in [1.165, 1.54) is 17.4 Å². The number of hydrogen-bond donors (Lipinski definition) is 0. The SMILES string of the molecule is Cn1c(=NC(=O)c2ccc(C#N)cc2)sc2cc(S(C)(=O)=O)ccc21. The van der Waals surface area contributed by atoms with Gasteiger partial charge in [0.15, 0.2) is 14.6 Å². The molecule has 0 unspecified atom stereocenters. The van der Waals surface area contributed by atoms with Gasteiger partial charge in [-0.3, -0.25) is 4.79 Å². The minimum Gasteiger partial charge on any atom is -0.319 e. The van der Waals surface area contributed by atoms with Crippen molar-refractivity contribution in [2.75, 3.05) is 6.26 Å². The molecule has 1 amide bonds. The molecule has 3 aromatic rings. The number of nitriles is 1. The van der Waals surface area contributed by atoms with E-state index in [9.17, 15) is 13.2 Å². The second-order valence-electron chi connectivity index (χ2n) is 5.45. The third-order valence-electron chi connectivity index (χ3n) is 3.67. The lowest BCUT2D eigenvalue weighted by molar-refractivity contribution is 0.0998. The van der Waals surface area contributed by atoms with Gasteiger partial charge in [0, 0.05) is 18.9 Å². The normalized spacial score (nSPS) is 12.3. The topological polar surface area (TPSA) is 92.3 Å². The number of aryl methyl sites for hydroxylation is 1. The third kappa shape index (κ3) is 3.38. The van der Waals surface area contributed by atoms with Gasteiger partial charge in [-0.05, 0) is 42.5 Å². The van der Waals surface area contributed by atoms with Gasteiger partial charge < -0.3 is 4.57 Å². The van der Waals surface area contributed by atoms with E-state index < -0.39 is 15.7 Å². The maximum Gasteiger partial charge on any atom is 0.279 e. The molecule has 126 valence electrons. The Labute approximate surface area is 148 Å². The molecule has 0 aliphatic rings. The average Bonchev–Trinajstić information content (AvgIpc) is 2.89. The monoisotopic (exact) mass is 371 g/mol. The fraction of sp³-hybridized carbons (Fsp3) is 0.118. The van der Waals surface area contributed by atoms with Crippen LogP contribution in [0, 0.1) is 11.3 Å². The fourth-order valence-corrected chi connectivity index (χ4v) is 4.07. The Kier molecular flexibility index (Phi) is 4.29. The summed E-state index contributed by atoms with van der Waals surface area (Å²) in [5.41, 5.74) is 1.65. The summed E-state index contributed by atoms with van der Waals surface area (Å²) < 4.78 is 25.8. The average molecular weight is 371 g/mol. The molecular formula is C17H13N3O3S2. The molecule has 0 aliphatic carbocycles. The number of sulfone groups is 1. The lowest BCUT2D eigenvalue weighted by Crippen LogP contribution is -2.13. The Balaban J connectivity index is 2.08. The molecule has 2 aromatic carbocycles. The molecule has 0 fully saturated rings. The summed E-state index contributed by atoms with van der Waals surface area (Å²) in [7, 11) is -1.53. The van der Waals surface area contributed by atoms with Crippen LogP contribution in [0.2, 0.25) is 0 Å². The Morgan fingerprint density at radius 3 is 2.48 bits per heavy atom. The number of carbonyl (C=O) groups is 1. The zero-order chi connectivity index (χ0) is 18.2. The number of carbonyl (C=O) groups excluding carboxylic acids is 1. The molecule has 0 N–H and O–H groups in total. The van der Waals surface area contributed by atoms with Crippen molar-refractivity contribution in [3.8, 4) is 6.07 Å². The minimum absolute atomic E-state index is 0.229. The van der Waals surface area contributed by atoms with Crippen molar-refractivity contribution in [2.24, 2.45) is 12.0 Å². The van der Waals surface area contributed by atoms with E-state index in [0.29, 0.717) is 15.9 Å². The molecule has 6 nitrogen and oxygen atoms in total. The number of amides is 1. The van der Waals surface area contributed by atoms with Crippen LogP contribution in [0.5, 0.6) is 0 Å². The Bertz CT molecular complexity index is 1190. The molecule has 3 rings (SSSR count). The number of benzene rings is 2. The molecule has 0 saturated carbocycles. The van der Waals surface area contributed by atoms with Gasteiger partial charge in [-0.15, -0.1) is 0 Å². The van der Waals surface area contributed by atoms with Crippen LogP contribution in [-0.2, 0) is 16.9 Å². The van der Waals surface area contributed by atoms with Crippen molar-refractivity contribution >= 4 is 37.3 Å². The van der Waals surface area contributed by atoms with Gasteiger partial charge in [0.05, 0.1) is 26.7 Å². The zero-order valence-corrected chi connectivity index (χ0v) is 15.1. The second-order valence-corrected chi connectivity index (χ2v) is 8.48. The van der Waals surface area contributed by atoms with Gasteiger partial charge in [-0.25, -0.2) is 8.42 Å². The maximum atomic E-state index is 12.3. The van der Waals surface area contributed by atoms with Gasteiger partial charge >= 0.3 is 0 Å². The summed E-state index contributed by atoms with van der Waals surface area (Å²) in [6.07, 6.45) is 1.15. The van der Waals surface area contributed by atoms with Crippen LogP contribution >= 0.6 is 11.3 Å². The van der Waals surface area contributed by atoms with E-state index in [2.05, 4.69) is 4.99 Å². The first-order valence-corrected chi connectivity index (χ1v) is 9.89. The zero-order valence-electron chi connectivity index (χ0n) is 13.4. The third-order valence-corrected chi connectivity index (χ3v) is 5.87. The van der Waals surface area contributed by atoms with Crippen molar-refractivity contribution in [2.45, 2.75) is 4.90 Å². The van der Waals surface area contributed by atoms with E-state index >= 15 is 0 Å². The van der Waals surface area contributed by atoms with Crippen molar-refractivity contribution in [3.63, 3.8) is 0 Å². The molecule has 25 heavy (non-hydrogen) atoms. The van der Waals surface area contributed by atoms with E-state index in [0.717, 1.165) is 16.5 Å². The maximum absolute atomic E-state index is 12.3. The van der Waals surface area contributed by atoms with Crippen LogP contribution in [0.3, 0.4) is 0 Å². The quantitative estimate of drug-likeness (QED) is 0.691. The highest BCUT2D eigenvalue weighted by Gasteiger charge is 2.11. The Morgan fingerprint density at radius 2 is 1.88 bits per heavy atom. The fourth-order valence-electron chi connectivity index (χ4n) is 2.29. The molecule has 0 aliphatic heterocycles. The number of fused-ring (bicyclic) bond motifs is 1. The standard InChI is InChI=1S/C17H13N3O3S2/c1-20-14-8-7-13(25(2,22)23)9-15(14)24-17(20)19-16(21)12-5-3-11(10-18)4-6-12/h3-9H,1-2H3. The molecule has 0 atom stereocenters. The summed E-state index contributed by atoms with van der Waals surface area (Å²) in [4.78, 5) is 17.1. The molecular weight excluding hydrogens is 358 g/mol. The number of aromatic nitrogens is 1. The number of nitrogens with zero attached hydrogens (tertiary/aromatic N) is 3. The van der Waals surface area contributed by atoms with E-state index in [1.54, 1.807) is 48.0 Å². The van der Waals surface area contributed by atoms with Crippen LogP contribution in [0.15, 0.2) is 52.4 Å². The Hall–Kier alpha value is -2.76. The summed E-state index contributed by atoms with van der Waals surface area (Å²) in [5, 5.41) is 8.80. The van der Waals surface area contributed by atoms with E-state index in [4.69, 9.17) is 5.26 Å². The largest absolute Gasteiger partial charge is 0.319 e. The number of thiazole rings is 1. The first kappa shape index (κ1) is 17.1. The number of rotatable bonds is 2. The highest BCUT2D eigenvalue weighted by molar-refractivity contribution is 7.90. The van der Waals surface area contributed by atoms with Gasteiger partial charge in [0.25, 0.3) is 5.91 Å². The summed E-state index contributed by atoms with van der Waals surface area (Å²) in [6.45, 7) is 0. The molecule has 0 saturated heterocycles. The molecule has 1 aromatic heterocycles. The van der Waals surface area contributed by atoms with Gasteiger partial charge in [0.1, 0.15) is 0 Å². The van der Waals surface area contributed by atoms with Crippen LogP contribution in [0.1, 0.15) is 15.9 Å². The lowest BCUT2D eigenvalue weighted by atomic mass is 10.1. The van der Waals surface area contributed by atoms with Crippen LogP contribution < -0.4 is 4.80 Å². The Morgan fingerprint density at radius 1 is 1.20 bits per heavy atom. The van der Waals surface area contributed by atoms with Crippen LogP contribution in [0.25, 0.3) is 10.2 Å². The van der Waals surface area contributed by atoms with Gasteiger partial charge in [-0.2, -0.15) is 10.3 Å². The summed E-state index contributed by atoms with van der Waals surface area (Å²) >= 11 is 1.24. The number of hydrogen-bond acceptors (Lipinski definition) is 5. The molecule has 0 spiro atoms. The molecule has 8 heteroatoms. The van der Waals surface area contributed by atoms with Crippen molar-refractivity contribution < 1.29 is 13.2 Å². The predicted octanol–water partition coefficient (Wildman–Crippen LogP) is 2.26. The summed E-state index contributed by atoms with van der Waals surface area (Å²) in [5.74, 6) is -0.421. The first-order chi connectivity index (χ1) is 11.8. The first-order valence-electron chi connectivity index (χ1n) is 7.18. The lowest BCUT2D eigenvalue weighted by Gasteiger charge is -1.99. The highest BCUT2D eigenvalue weighted by Crippen LogP contribution is 2.21. The van der Waals surface area contributed by atoms with E-state index in [-0.39, 0.29) is 4.90 Å². The van der Waals surface area contributed by atoms with Gasteiger partial charge in [-0.1, -0.05) is 11.3 Å². The predicted molar refractivity (Wildman–Crippen MR) is 95.0 cm³/mol. The van der Waals surface area contributed by atoms with Crippen molar-refractivity contribution in [1.29, 1.82) is 5.26 Å². The highest BCUT2D eigenvalue weighted by atomic mass is 32.2. The molecule has 0 bridgehead atoms. The van der Waals surface area contributed by atoms with Crippen LogP contribution in [-0.4, -0.2) is 25.1 Å². The van der Waals surface area contributed by atoms with Crippen LogP contribution in [0.4, 0.5) is 0 Å². The van der Waals surface area contributed by atoms with Crippen molar-refractivity contribution in [1.82, 2.24) is 4.57 Å². The molecule has 1 heterocycles. The van der Waals surface area contributed by atoms with Crippen molar-refractivity contribution in [3.05, 3.63) is 58.4 Å². The smallest absolute Gasteiger partial charge is 0.279 e. The second kappa shape index (κ2) is 6.27. The van der Waals surface area contributed by atoms with E-state index in [1.807, 2.05) is 6.07 Å². The molecule has 0 radical (unpaired) electrons.